The Hall–Kier alpha value is -1.10. The first kappa shape index (κ1) is 15.0. The third-order valence-corrected chi connectivity index (χ3v) is 3.12. The molecular weight excluding hydrogens is 230 g/mol. The van der Waals surface area contributed by atoms with Crippen molar-refractivity contribution in [2.45, 2.75) is 46.2 Å². The van der Waals surface area contributed by atoms with Crippen LogP contribution in [-0.2, 0) is 9.59 Å². The van der Waals surface area contributed by atoms with Crippen LogP contribution in [0.5, 0.6) is 0 Å². The SMILES string of the molecule is CC1CNCC(C(=O)NC(C)C(=O)NC(C)C)C1. The molecule has 1 heterocycles. The maximum atomic E-state index is 12.0. The first-order chi connectivity index (χ1) is 8.40. The molecule has 1 saturated heterocycles. The van der Waals surface area contributed by atoms with Crippen LogP contribution in [0.4, 0.5) is 0 Å². The molecule has 1 aliphatic rings. The van der Waals surface area contributed by atoms with Crippen LogP contribution in [0.15, 0.2) is 0 Å². The molecule has 0 aliphatic carbocycles. The first-order valence-electron chi connectivity index (χ1n) is 6.71. The van der Waals surface area contributed by atoms with E-state index in [9.17, 15) is 9.59 Å². The number of amides is 2. The highest BCUT2D eigenvalue weighted by atomic mass is 16.2. The average molecular weight is 255 g/mol. The second-order valence-electron chi connectivity index (χ2n) is 5.59. The van der Waals surface area contributed by atoms with Gasteiger partial charge in [-0.25, -0.2) is 0 Å². The van der Waals surface area contributed by atoms with Gasteiger partial charge >= 0.3 is 0 Å². The van der Waals surface area contributed by atoms with Gasteiger partial charge in [-0.15, -0.1) is 0 Å². The quantitative estimate of drug-likeness (QED) is 0.675. The Balaban J connectivity index is 2.41. The van der Waals surface area contributed by atoms with Crippen LogP contribution in [-0.4, -0.2) is 37.0 Å². The van der Waals surface area contributed by atoms with E-state index < -0.39 is 6.04 Å². The van der Waals surface area contributed by atoms with Gasteiger partial charge in [0.2, 0.25) is 11.8 Å². The Morgan fingerprint density at radius 1 is 1.17 bits per heavy atom. The van der Waals surface area contributed by atoms with E-state index in [4.69, 9.17) is 0 Å². The van der Waals surface area contributed by atoms with Gasteiger partial charge in [0.1, 0.15) is 6.04 Å². The second-order valence-corrected chi connectivity index (χ2v) is 5.59. The van der Waals surface area contributed by atoms with Gasteiger partial charge < -0.3 is 16.0 Å². The number of piperidine rings is 1. The number of carbonyl (C=O) groups is 2. The minimum atomic E-state index is -0.475. The fourth-order valence-electron chi connectivity index (χ4n) is 2.16. The van der Waals surface area contributed by atoms with E-state index in [2.05, 4.69) is 22.9 Å². The van der Waals surface area contributed by atoms with Gasteiger partial charge in [-0.2, -0.15) is 0 Å². The molecule has 3 N–H and O–H groups in total. The highest BCUT2D eigenvalue weighted by Gasteiger charge is 2.27. The number of hydrogen-bond acceptors (Lipinski definition) is 3. The van der Waals surface area contributed by atoms with E-state index in [-0.39, 0.29) is 23.8 Å². The van der Waals surface area contributed by atoms with E-state index in [0.29, 0.717) is 12.5 Å². The maximum Gasteiger partial charge on any atom is 0.242 e. The smallest absolute Gasteiger partial charge is 0.242 e. The maximum absolute atomic E-state index is 12.0. The molecule has 5 nitrogen and oxygen atoms in total. The fourth-order valence-corrected chi connectivity index (χ4v) is 2.16. The molecule has 0 bridgehead atoms. The third kappa shape index (κ3) is 4.64. The van der Waals surface area contributed by atoms with Crippen molar-refractivity contribution < 1.29 is 9.59 Å². The van der Waals surface area contributed by atoms with Crippen molar-refractivity contribution in [2.75, 3.05) is 13.1 Å². The molecule has 0 aromatic rings. The van der Waals surface area contributed by atoms with Crippen molar-refractivity contribution in [3.05, 3.63) is 0 Å². The minimum Gasteiger partial charge on any atom is -0.352 e. The summed E-state index contributed by atoms with van der Waals surface area (Å²) in [7, 11) is 0. The Morgan fingerprint density at radius 3 is 2.39 bits per heavy atom. The predicted octanol–water partition coefficient (Wildman–Crippen LogP) is 0.261. The van der Waals surface area contributed by atoms with Crippen LogP contribution in [0.25, 0.3) is 0 Å². The van der Waals surface area contributed by atoms with Gasteiger partial charge in [0.25, 0.3) is 0 Å². The number of nitrogens with one attached hydrogen (secondary N) is 3. The average Bonchev–Trinajstić information content (AvgIpc) is 2.27. The number of hydrogen-bond donors (Lipinski definition) is 3. The van der Waals surface area contributed by atoms with Gasteiger partial charge in [0, 0.05) is 12.6 Å². The van der Waals surface area contributed by atoms with Crippen molar-refractivity contribution in [2.24, 2.45) is 11.8 Å². The van der Waals surface area contributed by atoms with Gasteiger partial charge in [-0.3, -0.25) is 9.59 Å². The molecule has 2 amide bonds. The van der Waals surface area contributed by atoms with Crippen LogP contribution >= 0.6 is 0 Å². The molecule has 0 saturated carbocycles. The summed E-state index contributed by atoms with van der Waals surface area (Å²) >= 11 is 0. The van der Waals surface area contributed by atoms with Gasteiger partial charge in [0.15, 0.2) is 0 Å². The van der Waals surface area contributed by atoms with Crippen LogP contribution in [0.2, 0.25) is 0 Å². The van der Waals surface area contributed by atoms with Gasteiger partial charge in [-0.05, 0) is 39.7 Å². The summed E-state index contributed by atoms with van der Waals surface area (Å²) in [4.78, 5) is 23.7. The highest BCUT2D eigenvalue weighted by Crippen LogP contribution is 2.15. The van der Waals surface area contributed by atoms with Gasteiger partial charge in [-0.1, -0.05) is 6.92 Å². The van der Waals surface area contributed by atoms with E-state index in [0.717, 1.165) is 13.0 Å². The summed E-state index contributed by atoms with van der Waals surface area (Å²) in [6, 6.07) is -0.384. The van der Waals surface area contributed by atoms with Crippen LogP contribution in [0.1, 0.15) is 34.1 Å². The summed E-state index contributed by atoms with van der Waals surface area (Å²) in [5, 5.41) is 8.81. The van der Waals surface area contributed by atoms with Crippen molar-refractivity contribution in [1.29, 1.82) is 0 Å². The monoisotopic (exact) mass is 255 g/mol. The minimum absolute atomic E-state index is 0.0250. The topological polar surface area (TPSA) is 70.2 Å². The third-order valence-electron chi connectivity index (χ3n) is 3.12. The summed E-state index contributed by atoms with van der Waals surface area (Å²) in [6.45, 7) is 9.32. The van der Waals surface area contributed by atoms with Crippen LogP contribution < -0.4 is 16.0 Å². The lowest BCUT2D eigenvalue weighted by Crippen LogP contribution is -2.51. The molecule has 0 radical (unpaired) electrons. The number of rotatable bonds is 4. The fraction of sp³-hybridized carbons (Fsp3) is 0.846. The summed E-state index contributed by atoms with van der Waals surface area (Å²) < 4.78 is 0. The standard InChI is InChI=1S/C13H25N3O2/c1-8(2)15-12(17)10(4)16-13(18)11-5-9(3)6-14-7-11/h8-11,14H,5-7H2,1-4H3,(H,15,17)(H,16,18). The molecule has 0 aromatic carbocycles. The van der Waals surface area contributed by atoms with Crippen molar-refractivity contribution in [3.63, 3.8) is 0 Å². The Morgan fingerprint density at radius 2 is 1.83 bits per heavy atom. The number of carbonyl (C=O) groups excluding carboxylic acids is 2. The molecule has 104 valence electrons. The van der Waals surface area contributed by atoms with Crippen molar-refractivity contribution in [3.8, 4) is 0 Å². The molecule has 1 aliphatic heterocycles. The van der Waals surface area contributed by atoms with E-state index in [1.807, 2.05) is 13.8 Å². The largest absolute Gasteiger partial charge is 0.352 e. The molecule has 5 heteroatoms. The van der Waals surface area contributed by atoms with Crippen molar-refractivity contribution >= 4 is 11.8 Å². The van der Waals surface area contributed by atoms with Crippen molar-refractivity contribution in [1.82, 2.24) is 16.0 Å². The first-order valence-corrected chi connectivity index (χ1v) is 6.71. The Bertz CT molecular complexity index is 305. The predicted molar refractivity (Wildman–Crippen MR) is 71.0 cm³/mol. The zero-order valence-corrected chi connectivity index (χ0v) is 11.7. The summed E-state index contributed by atoms with van der Waals surface area (Å²) in [5.74, 6) is 0.327. The molecule has 0 spiro atoms. The van der Waals surface area contributed by atoms with E-state index >= 15 is 0 Å². The molecule has 3 atom stereocenters. The highest BCUT2D eigenvalue weighted by molar-refractivity contribution is 5.88. The molecule has 3 unspecified atom stereocenters. The Labute approximate surface area is 109 Å². The molecular formula is C13H25N3O2. The zero-order chi connectivity index (χ0) is 13.7. The van der Waals surface area contributed by atoms with Crippen LogP contribution in [0.3, 0.4) is 0 Å². The summed E-state index contributed by atoms with van der Waals surface area (Å²) in [6.07, 6.45) is 0.886. The molecule has 1 fully saturated rings. The lowest BCUT2D eigenvalue weighted by atomic mass is 9.91. The zero-order valence-electron chi connectivity index (χ0n) is 11.7. The lowest BCUT2D eigenvalue weighted by molar-refractivity contribution is -0.131. The Kier molecular flexibility index (Phi) is 5.59. The molecule has 0 aromatic heterocycles. The van der Waals surface area contributed by atoms with E-state index in [1.165, 1.54) is 0 Å². The summed E-state index contributed by atoms with van der Waals surface area (Å²) in [5.41, 5.74) is 0. The normalized spacial score (nSPS) is 25.6. The second kappa shape index (κ2) is 6.73. The molecule has 18 heavy (non-hydrogen) atoms. The van der Waals surface area contributed by atoms with Crippen LogP contribution in [0, 0.1) is 11.8 Å². The van der Waals surface area contributed by atoms with E-state index in [1.54, 1.807) is 6.92 Å². The lowest BCUT2D eigenvalue weighted by Gasteiger charge is -2.28. The van der Waals surface area contributed by atoms with Gasteiger partial charge in [0.05, 0.1) is 5.92 Å². The molecule has 1 rings (SSSR count).